The van der Waals surface area contributed by atoms with Crippen LogP contribution in [-0.4, -0.2) is 42.9 Å². The Kier molecular flexibility index (Phi) is 7.24. The lowest BCUT2D eigenvalue weighted by molar-refractivity contribution is -0.383. The normalized spacial score (nSPS) is 10.0. The van der Waals surface area contributed by atoms with E-state index in [4.69, 9.17) is 14.2 Å². The Labute approximate surface area is 165 Å². The molecule has 0 fully saturated rings. The maximum atomic E-state index is 11.9. The summed E-state index contributed by atoms with van der Waals surface area (Å²) in [6.07, 6.45) is 0. The molecule has 2 aromatic carbocycles. The molecule has 0 bridgehead atoms. The van der Waals surface area contributed by atoms with Gasteiger partial charge in [-0.25, -0.2) is 4.79 Å². The first-order valence-electron chi connectivity index (χ1n) is 8.32. The average molecular weight is 402 g/mol. The maximum absolute atomic E-state index is 11.9. The van der Waals surface area contributed by atoms with E-state index in [1.54, 1.807) is 0 Å². The third-order valence-electron chi connectivity index (χ3n) is 3.65. The predicted molar refractivity (Wildman–Crippen MR) is 101 cm³/mol. The molecule has 2 aromatic rings. The Morgan fingerprint density at radius 2 is 1.79 bits per heavy atom. The number of hydrogen-bond acceptors (Lipinski definition) is 8. The van der Waals surface area contributed by atoms with Gasteiger partial charge in [0.2, 0.25) is 0 Å². The zero-order chi connectivity index (χ0) is 21.4. The number of methoxy groups -OCH3 is 1. The minimum absolute atomic E-state index is 0.00917. The second kappa shape index (κ2) is 9.83. The van der Waals surface area contributed by atoms with E-state index in [0.29, 0.717) is 5.56 Å². The van der Waals surface area contributed by atoms with Crippen LogP contribution in [0.1, 0.15) is 17.3 Å². The van der Waals surface area contributed by atoms with Crippen LogP contribution in [0, 0.1) is 10.1 Å². The van der Waals surface area contributed by atoms with Crippen molar-refractivity contribution in [2.75, 3.05) is 25.6 Å². The highest BCUT2D eigenvalue weighted by Crippen LogP contribution is 2.28. The molecule has 10 nitrogen and oxygen atoms in total. The van der Waals surface area contributed by atoms with Crippen molar-refractivity contribution in [3.63, 3.8) is 0 Å². The molecule has 0 radical (unpaired) electrons. The lowest BCUT2D eigenvalue weighted by Crippen LogP contribution is -2.24. The summed E-state index contributed by atoms with van der Waals surface area (Å²) in [5.74, 6) is -1.24. The summed E-state index contributed by atoms with van der Waals surface area (Å²) >= 11 is 0. The molecular weight excluding hydrogens is 384 g/mol. The van der Waals surface area contributed by atoms with Gasteiger partial charge < -0.3 is 19.5 Å². The molecule has 0 saturated carbocycles. The molecule has 0 aliphatic heterocycles. The van der Waals surface area contributed by atoms with E-state index in [2.05, 4.69) is 5.32 Å². The lowest BCUT2D eigenvalue weighted by Gasteiger charge is -2.11. The first kappa shape index (κ1) is 21.4. The van der Waals surface area contributed by atoms with Gasteiger partial charge in [0.15, 0.2) is 30.5 Å². The van der Waals surface area contributed by atoms with Gasteiger partial charge in [0.1, 0.15) is 5.69 Å². The predicted octanol–water partition coefficient (Wildman–Crippen LogP) is 2.37. The number of nitro benzene ring substituents is 1. The summed E-state index contributed by atoms with van der Waals surface area (Å²) in [4.78, 5) is 45.3. The summed E-state index contributed by atoms with van der Waals surface area (Å²) in [7, 11) is 1.39. The van der Waals surface area contributed by atoms with Gasteiger partial charge in [0.25, 0.3) is 11.6 Å². The molecule has 152 valence electrons. The first-order chi connectivity index (χ1) is 13.8. The van der Waals surface area contributed by atoms with Crippen molar-refractivity contribution in [3.05, 3.63) is 58.1 Å². The van der Waals surface area contributed by atoms with Gasteiger partial charge in [-0.1, -0.05) is 12.1 Å². The zero-order valence-corrected chi connectivity index (χ0v) is 15.7. The second-order valence-corrected chi connectivity index (χ2v) is 5.69. The molecule has 10 heteroatoms. The fourth-order valence-corrected chi connectivity index (χ4v) is 2.26. The van der Waals surface area contributed by atoms with Crippen molar-refractivity contribution in [1.82, 2.24) is 0 Å². The van der Waals surface area contributed by atoms with Gasteiger partial charge in [-0.2, -0.15) is 0 Å². The van der Waals surface area contributed by atoms with Crippen LogP contribution < -0.4 is 14.8 Å². The van der Waals surface area contributed by atoms with Crippen LogP contribution in [0.15, 0.2) is 42.5 Å². The van der Waals surface area contributed by atoms with Crippen molar-refractivity contribution in [2.24, 2.45) is 0 Å². The highest BCUT2D eigenvalue weighted by molar-refractivity contribution is 5.95. The summed E-state index contributed by atoms with van der Waals surface area (Å²) in [5.41, 5.74) is 0.130. The summed E-state index contributed by atoms with van der Waals surface area (Å²) in [6, 6.07) is 10.0. The molecular formula is C19H18N2O8. The van der Waals surface area contributed by atoms with E-state index in [-0.39, 0.29) is 28.7 Å². The Hall–Kier alpha value is -3.95. The summed E-state index contributed by atoms with van der Waals surface area (Å²) < 4.78 is 15.2. The number of amides is 1. The van der Waals surface area contributed by atoms with Crippen LogP contribution >= 0.6 is 0 Å². The smallest absolute Gasteiger partial charge is 0.344 e. The Bertz CT molecular complexity index is 942. The number of nitro groups is 1. The van der Waals surface area contributed by atoms with Gasteiger partial charge in [-0.05, 0) is 31.2 Å². The Morgan fingerprint density at radius 3 is 2.45 bits per heavy atom. The largest absolute Gasteiger partial charge is 0.493 e. The summed E-state index contributed by atoms with van der Waals surface area (Å²) in [6.45, 7) is 0.255. The van der Waals surface area contributed by atoms with Crippen molar-refractivity contribution in [1.29, 1.82) is 0 Å². The molecule has 0 atom stereocenters. The Morgan fingerprint density at radius 1 is 1.07 bits per heavy atom. The van der Waals surface area contributed by atoms with Crippen LogP contribution in [-0.2, 0) is 14.3 Å². The van der Waals surface area contributed by atoms with E-state index >= 15 is 0 Å². The SMILES string of the molecule is COc1cc(C(C)=O)ccc1OCC(=O)OCC(=O)Nc1ccccc1[N+](=O)[O-]. The maximum Gasteiger partial charge on any atom is 0.344 e. The van der Waals surface area contributed by atoms with Gasteiger partial charge in [-0.3, -0.25) is 19.7 Å². The monoisotopic (exact) mass is 402 g/mol. The molecule has 0 aromatic heterocycles. The van der Waals surface area contributed by atoms with E-state index in [1.807, 2.05) is 0 Å². The van der Waals surface area contributed by atoms with E-state index < -0.39 is 30.0 Å². The number of para-hydroxylation sites is 2. The van der Waals surface area contributed by atoms with E-state index in [1.165, 1.54) is 56.5 Å². The minimum Gasteiger partial charge on any atom is -0.493 e. The van der Waals surface area contributed by atoms with Crippen LogP contribution in [0.5, 0.6) is 11.5 Å². The molecule has 29 heavy (non-hydrogen) atoms. The number of carbonyl (C=O) groups excluding carboxylic acids is 3. The van der Waals surface area contributed by atoms with Gasteiger partial charge in [-0.15, -0.1) is 0 Å². The number of ether oxygens (including phenoxy) is 3. The Balaban J connectivity index is 1.87. The van der Waals surface area contributed by atoms with Crippen LogP contribution in [0.4, 0.5) is 11.4 Å². The number of hydrogen-bond donors (Lipinski definition) is 1. The molecule has 0 aliphatic rings. The van der Waals surface area contributed by atoms with Gasteiger partial charge in [0, 0.05) is 11.6 Å². The quantitative estimate of drug-likeness (QED) is 0.292. The van der Waals surface area contributed by atoms with E-state index in [9.17, 15) is 24.5 Å². The minimum atomic E-state index is -0.833. The standard InChI is InChI=1S/C19H18N2O8/c1-12(22)13-7-8-16(17(9-13)27-2)28-11-19(24)29-10-18(23)20-14-5-3-4-6-15(14)21(25)26/h3-9H,10-11H2,1-2H3,(H,20,23). The number of carbonyl (C=O) groups is 3. The van der Waals surface area contributed by atoms with Crippen molar-refractivity contribution in [2.45, 2.75) is 6.92 Å². The third-order valence-corrected chi connectivity index (χ3v) is 3.65. The molecule has 1 N–H and O–H groups in total. The third kappa shape index (κ3) is 6.03. The molecule has 0 saturated heterocycles. The number of anilines is 1. The van der Waals surface area contributed by atoms with Crippen molar-refractivity contribution >= 4 is 29.0 Å². The number of ketones is 1. The molecule has 0 unspecified atom stereocenters. The molecule has 0 heterocycles. The number of rotatable bonds is 9. The number of Topliss-reactive ketones (excluding diaryl/α,β-unsaturated/α-hetero) is 1. The highest BCUT2D eigenvalue weighted by Gasteiger charge is 2.16. The number of nitrogens with one attached hydrogen (secondary N) is 1. The fraction of sp³-hybridized carbons (Fsp3) is 0.211. The van der Waals surface area contributed by atoms with Crippen LogP contribution in [0.2, 0.25) is 0 Å². The van der Waals surface area contributed by atoms with Crippen LogP contribution in [0.3, 0.4) is 0 Å². The first-order valence-corrected chi connectivity index (χ1v) is 8.32. The molecule has 2 rings (SSSR count). The lowest BCUT2D eigenvalue weighted by atomic mass is 10.1. The van der Waals surface area contributed by atoms with Crippen molar-refractivity contribution < 1.29 is 33.5 Å². The van der Waals surface area contributed by atoms with E-state index in [0.717, 1.165) is 0 Å². The number of nitrogens with zero attached hydrogens (tertiary/aromatic N) is 1. The average Bonchev–Trinajstić information content (AvgIpc) is 2.70. The highest BCUT2D eigenvalue weighted by atomic mass is 16.6. The molecule has 1 amide bonds. The van der Waals surface area contributed by atoms with Crippen molar-refractivity contribution in [3.8, 4) is 11.5 Å². The second-order valence-electron chi connectivity index (χ2n) is 5.69. The topological polar surface area (TPSA) is 134 Å². The summed E-state index contributed by atoms with van der Waals surface area (Å²) in [5, 5.41) is 13.2. The fourth-order valence-electron chi connectivity index (χ4n) is 2.26. The molecule has 0 aliphatic carbocycles. The zero-order valence-electron chi connectivity index (χ0n) is 15.7. The van der Waals surface area contributed by atoms with Crippen LogP contribution in [0.25, 0.3) is 0 Å². The van der Waals surface area contributed by atoms with Gasteiger partial charge in [0.05, 0.1) is 12.0 Å². The number of esters is 1. The number of benzene rings is 2. The van der Waals surface area contributed by atoms with Gasteiger partial charge >= 0.3 is 5.97 Å². The molecule has 0 spiro atoms.